The summed E-state index contributed by atoms with van der Waals surface area (Å²) in [6, 6.07) is 7.53. The molecule has 0 fully saturated rings. The van der Waals surface area contributed by atoms with Crippen molar-refractivity contribution in [2.45, 2.75) is 4.90 Å². The molecule has 0 aliphatic heterocycles. The summed E-state index contributed by atoms with van der Waals surface area (Å²) in [5.41, 5.74) is 6.66. The van der Waals surface area contributed by atoms with E-state index < -0.39 is 0 Å². The lowest BCUT2D eigenvalue weighted by Crippen LogP contribution is -1.93. The molecule has 0 spiro atoms. The number of thioether (sulfide) groups is 1. The zero-order valence-corrected chi connectivity index (χ0v) is 8.80. The van der Waals surface area contributed by atoms with Gasteiger partial charge in [-0.3, -0.25) is 0 Å². The normalized spacial score (nSPS) is 9.71. The van der Waals surface area contributed by atoms with Gasteiger partial charge in [0.25, 0.3) is 0 Å². The van der Waals surface area contributed by atoms with Crippen LogP contribution in [0.2, 0.25) is 0 Å². The van der Waals surface area contributed by atoms with E-state index in [1.165, 1.54) is 0 Å². The molecular weight excluding hydrogens is 196 g/mol. The quantitative estimate of drug-likeness (QED) is 0.466. The zero-order chi connectivity index (χ0) is 10.4. The highest BCUT2D eigenvalue weighted by Gasteiger charge is 2.00. The molecule has 0 unspecified atom stereocenters. The Balaban J connectivity index is 2.66. The van der Waals surface area contributed by atoms with Crippen LogP contribution in [0.1, 0.15) is 5.56 Å². The van der Waals surface area contributed by atoms with Gasteiger partial charge in [-0.25, -0.2) is 0 Å². The third-order valence-electron chi connectivity index (χ3n) is 1.70. The number of nitrogen functional groups attached to an aromatic ring is 1. The van der Waals surface area contributed by atoms with Crippen LogP contribution >= 0.6 is 11.8 Å². The van der Waals surface area contributed by atoms with Gasteiger partial charge in [0.2, 0.25) is 0 Å². The van der Waals surface area contributed by atoms with E-state index in [0.29, 0.717) is 17.9 Å². The average molecular weight is 208 g/mol. The van der Waals surface area contributed by atoms with Crippen LogP contribution in [-0.4, -0.2) is 19.5 Å². The lowest BCUT2D eigenvalue weighted by molar-refractivity contribution is 0.218. The Morgan fingerprint density at radius 2 is 2.36 bits per heavy atom. The fourth-order valence-corrected chi connectivity index (χ4v) is 1.82. The molecule has 0 aromatic heterocycles. The fraction of sp³-hybridized carbons (Fsp3) is 0.300. The molecule has 0 aliphatic rings. The second-order valence-corrected chi connectivity index (χ2v) is 3.87. The number of nitrogens with zero attached hydrogens (tertiary/aromatic N) is 1. The van der Waals surface area contributed by atoms with Crippen molar-refractivity contribution in [3.05, 3.63) is 23.8 Å². The highest BCUT2D eigenvalue weighted by Crippen LogP contribution is 2.22. The Hall–Kier alpha value is -1.18. The first-order valence-electron chi connectivity index (χ1n) is 4.19. The number of nitriles is 1. The maximum atomic E-state index is 8.75. The number of rotatable bonds is 4. The van der Waals surface area contributed by atoms with Gasteiger partial charge in [0, 0.05) is 23.4 Å². The predicted molar refractivity (Wildman–Crippen MR) is 58.2 cm³/mol. The lowest BCUT2D eigenvalue weighted by atomic mass is 10.2. The van der Waals surface area contributed by atoms with Gasteiger partial charge in [-0.1, -0.05) is 0 Å². The standard InChI is InChI=1S/C10H12N2OS/c1-13-4-5-14-9-2-3-10(12)8(6-9)7-11/h2-3,6H,4-5,12H2,1H3. The van der Waals surface area contributed by atoms with E-state index in [9.17, 15) is 0 Å². The molecule has 0 heterocycles. The van der Waals surface area contributed by atoms with Crippen LogP contribution in [0, 0.1) is 11.3 Å². The highest BCUT2D eigenvalue weighted by atomic mass is 32.2. The van der Waals surface area contributed by atoms with Crippen molar-refractivity contribution in [2.24, 2.45) is 0 Å². The predicted octanol–water partition coefficient (Wildman–Crippen LogP) is 1.88. The highest BCUT2D eigenvalue weighted by molar-refractivity contribution is 7.99. The Kier molecular flexibility index (Phi) is 4.30. The molecule has 0 radical (unpaired) electrons. The second kappa shape index (κ2) is 5.53. The number of nitrogens with two attached hydrogens (primary N) is 1. The lowest BCUT2D eigenvalue weighted by Gasteiger charge is -2.02. The van der Waals surface area contributed by atoms with Crippen LogP contribution in [0.4, 0.5) is 5.69 Å². The van der Waals surface area contributed by atoms with Crippen LogP contribution in [0.3, 0.4) is 0 Å². The van der Waals surface area contributed by atoms with Crippen molar-refractivity contribution < 1.29 is 4.74 Å². The van der Waals surface area contributed by atoms with Crippen LogP contribution in [0.25, 0.3) is 0 Å². The number of anilines is 1. The van der Waals surface area contributed by atoms with Gasteiger partial charge < -0.3 is 10.5 Å². The molecule has 0 aliphatic carbocycles. The fourth-order valence-electron chi connectivity index (χ4n) is 0.965. The van der Waals surface area contributed by atoms with E-state index in [-0.39, 0.29) is 0 Å². The summed E-state index contributed by atoms with van der Waals surface area (Å²) in [6.07, 6.45) is 0. The molecule has 0 amide bonds. The van der Waals surface area contributed by atoms with Gasteiger partial charge >= 0.3 is 0 Å². The summed E-state index contributed by atoms with van der Waals surface area (Å²) in [6.45, 7) is 0.705. The van der Waals surface area contributed by atoms with E-state index in [2.05, 4.69) is 6.07 Å². The van der Waals surface area contributed by atoms with Crippen molar-refractivity contribution in [3.8, 4) is 6.07 Å². The molecule has 2 N–H and O–H groups in total. The summed E-state index contributed by atoms with van der Waals surface area (Å²) in [5, 5.41) is 8.75. The smallest absolute Gasteiger partial charge is 0.101 e. The van der Waals surface area contributed by atoms with Crippen molar-refractivity contribution in [1.29, 1.82) is 5.26 Å². The van der Waals surface area contributed by atoms with E-state index >= 15 is 0 Å². The minimum atomic E-state index is 0.531. The topological polar surface area (TPSA) is 59.0 Å². The van der Waals surface area contributed by atoms with E-state index in [1.807, 2.05) is 6.07 Å². The van der Waals surface area contributed by atoms with Gasteiger partial charge in [-0.05, 0) is 18.2 Å². The number of ether oxygens (including phenoxy) is 1. The maximum absolute atomic E-state index is 8.75. The largest absolute Gasteiger partial charge is 0.398 e. The van der Waals surface area contributed by atoms with Crippen molar-refractivity contribution in [3.63, 3.8) is 0 Å². The number of benzene rings is 1. The summed E-state index contributed by atoms with van der Waals surface area (Å²) < 4.78 is 4.93. The minimum Gasteiger partial charge on any atom is -0.398 e. The maximum Gasteiger partial charge on any atom is 0.101 e. The molecule has 14 heavy (non-hydrogen) atoms. The molecule has 4 heteroatoms. The summed E-state index contributed by atoms with van der Waals surface area (Å²) in [4.78, 5) is 1.05. The van der Waals surface area contributed by atoms with Crippen LogP contribution in [-0.2, 0) is 4.74 Å². The number of hydrogen-bond acceptors (Lipinski definition) is 4. The Labute approximate surface area is 87.9 Å². The molecular formula is C10H12N2OS. The monoisotopic (exact) mass is 208 g/mol. The first kappa shape index (κ1) is 10.9. The van der Waals surface area contributed by atoms with Crippen LogP contribution in [0.15, 0.2) is 23.1 Å². The Bertz CT molecular complexity index is 346. The molecule has 0 bridgehead atoms. The second-order valence-electron chi connectivity index (χ2n) is 2.70. The average Bonchev–Trinajstić information content (AvgIpc) is 2.21. The van der Waals surface area contributed by atoms with E-state index in [1.54, 1.807) is 31.0 Å². The third kappa shape index (κ3) is 2.95. The SMILES string of the molecule is COCCSc1ccc(N)c(C#N)c1. The molecule has 0 saturated heterocycles. The number of hydrogen-bond donors (Lipinski definition) is 1. The first-order chi connectivity index (χ1) is 6.77. The summed E-state index contributed by atoms with van der Waals surface area (Å²) in [5.74, 6) is 0.880. The minimum absolute atomic E-state index is 0.531. The molecule has 74 valence electrons. The molecule has 0 saturated carbocycles. The van der Waals surface area contributed by atoms with Gasteiger partial charge in [0.15, 0.2) is 0 Å². The Morgan fingerprint density at radius 3 is 3.00 bits per heavy atom. The van der Waals surface area contributed by atoms with Gasteiger partial charge in [0.1, 0.15) is 6.07 Å². The zero-order valence-electron chi connectivity index (χ0n) is 7.99. The molecule has 1 aromatic carbocycles. The van der Waals surface area contributed by atoms with Gasteiger partial charge in [-0.2, -0.15) is 5.26 Å². The van der Waals surface area contributed by atoms with Gasteiger partial charge in [-0.15, -0.1) is 11.8 Å². The molecule has 1 rings (SSSR count). The Morgan fingerprint density at radius 1 is 1.57 bits per heavy atom. The van der Waals surface area contributed by atoms with Gasteiger partial charge in [0.05, 0.1) is 12.2 Å². The summed E-state index contributed by atoms with van der Waals surface area (Å²) in [7, 11) is 1.67. The van der Waals surface area contributed by atoms with Crippen molar-refractivity contribution >= 4 is 17.4 Å². The molecule has 3 nitrogen and oxygen atoms in total. The summed E-state index contributed by atoms with van der Waals surface area (Å²) >= 11 is 1.65. The third-order valence-corrected chi connectivity index (χ3v) is 2.66. The first-order valence-corrected chi connectivity index (χ1v) is 5.18. The van der Waals surface area contributed by atoms with E-state index in [0.717, 1.165) is 10.6 Å². The van der Waals surface area contributed by atoms with Crippen molar-refractivity contribution in [2.75, 3.05) is 25.2 Å². The number of methoxy groups -OCH3 is 1. The van der Waals surface area contributed by atoms with Crippen molar-refractivity contribution in [1.82, 2.24) is 0 Å². The molecule has 0 atom stereocenters. The van der Waals surface area contributed by atoms with E-state index in [4.69, 9.17) is 15.7 Å². The van der Waals surface area contributed by atoms with Crippen LogP contribution < -0.4 is 5.73 Å². The van der Waals surface area contributed by atoms with Crippen LogP contribution in [0.5, 0.6) is 0 Å². The molecule has 1 aromatic rings.